The van der Waals surface area contributed by atoms with Crippen molar-refractivity contribution < 1.29 is 9.53 Å². The van der Waals surface area contributed by atoms with E-state index in [0.29, 0.717) is 24.7 Å². The summed E-state index contributed by atoms with van der Waals surface area (Å²) in [7, 11) is 1.62. The van der Waals surface area contributed by atoms with E-state index in [1.54, 1.807) is 22.6 Å². The highest BCUT2D eigenvalue weighted by molar-refractivity contribution is 5.89. The Bertz CT molecular complexity index is 1270. The third-order valence-electron chi connectivity index (χ3n) is 5.62. The number of carbonyl (C=O) groups is 1. The number of anilines is 1. The molecular formula is C23H25N7O2. The van der Waals surface area contributed by atoms with Crippen LogP contribution in [0.25, 0.3) is 28.2 Å². The Morgan fingerprint density at radius 2 is 2.03 bits per heavy atom. The average Bonchev–Trinajstić information content (AvgIpc) is 3.47. The molecule has 9 heteroatoms. The molecule has 1 fully saturated rings. The van der Waals surface area contributed by atoms with E-state index in [9.17, 15) is 4.79 Å². The van der Waals surface area contributed by atoms with Crippen LogP contribution in [0.1, 0.15) is 5.56 Å². The predicted molar refractivity (Wildman–Crippen MR) is 122 cm³/mol. The molecule has 1 N–H and O–H groups in total. The van der Waals surface area contributed by atoms with Crippen molar-refractivity contribution >= 4 is 22.8 Å². The van der Waals surface area contributed by atoms with Gasteiger partial charge in [0.25, 0.3) is 0 Å². The molecule has 1 aliphatic rings. The highest BCUT2D eigenvalue weighted by atomic mass is 16.5. The number of likely N-dealkylation sites (N-methyl/N-ethyl adjacent to an activating group) is 1. The Morgan fingerprint density at radius 1 is 1.19 bits per heavy atom. The molecule has 1 saturated heterocycles. The number of hydrogen-bond donors (Lipinski definition) is 1. The highest BCUT2D eigenvalue weighted by Crippen LogP contribution is 2.28. The van der Waals surface area contributed by atoms with Crippen molar-refractivity contribution in [3.63, 3.8) is 0 Å². The number of imidazole rings is 1. The van der Waals surface area contributed by atoms with Gasteiger partial charge >= 0.3 is 0 Å². The minimum Gasteiger partial charge on any atom is -0.378 e. The normalized spacial score (nSPS) is 14.1. The SMILES string of the molecule is CNC(=O)Cn1cnc2c(N3CCOCC3)cc(-n3ccc(-c4cccc(C)c4)n3)nc21. The molecule has 0 saturated carbocycles. The molecule has 1 aliphatic heterocycles. The van der Waals surface area contributed by atoms with Crippen LogP contribution < -0.4 is 10.2 Å². The largest absolute Gasteiger partial charge is 0.378 e. The molecule has 3 aromatic heterocycles. The lowest BCUT2D eigenvalue weighted by molar-refractivity contribution is -0.121. The second-order valence-electron chi connectivity index (χ2n) is 7.83. The molecule has 0 aliphatic carbocycles. The Morgan fingerprint density at radius 3 is 2.81 bits per heavy atom. The fourth-order valence-corrected chi connectivity index (χ4v) is 3.93. The van der Waals surface area contributed by atoms with E-state index in [1.165, 1.54) is 5.56 Å². The lowest BCUT2D eigenvalue weighted by Gasteiger charge is -2.29. The topological polar surface area (TPSA) is 90.1 Å². The van der Waals surface area contributed by atoms with Crippen LogP contribution in [0.5, 0.6) is 0 Å². The molecule has 32 heavy (non-hydrogen) atoms. The van der Waals surface area contributed by atoms with Crippen molar-refractivity contribution in [2.75, 3.05) is 38.3 Å². The number of carbonyl (C=O) groups excluding carboxylic acids is 1. The fourth-order valence-electron chi connectivity index (χ4n) is 3.93. The minimum absolute atomic E-state index is 0.106. The van der Waals surface area contributed by atoms with Gasteiger partial charge in [0.2, 0.25) is 5.91 Å². The van der Waals surface area contributed by atoms with E-state index in [2.05, 4.69) is 34.3 Å². The lowest BCUT2D eigenvalue weighted by atomic mass is 10.1. The molecule has 0 bridgehead atoms. The van der Waals surface area contributed by atoms with E-state index in [-0.39, 0.29) is 12.5 Å². The first-order valence-corrected chi connectivity index (χ1v) is 10.6. The van der Waals surface area contributed by atoms with Crippen molar-refractivity contribution in [3.05, 3.63) is 54.5 Å². The van der Waals surface area contributed by atoms with Crippen LogP contribution >= 0.6 is 0 Å². The summed E-state index contributed by atoms with van der Waals surface area (Å²) in [5, 5.41) is 7.44. The number of nitrogens with one attached hydrogen (secondary N) is 1. The van der Waals surface area contributed by atoms with E-state index >= 15 is 0 Å². The zero-order valence-electron chi connectivity index (χ0n) is 18.2. The summed E-state index contributed by atoms with van der Waals surface area (Å²) < 4.78 is 9.08. The van der Waals surface area contributed by atoms with Crippen LogP contribution in [0.2, 0.25) is 0 Å². The summed E-state index contributed by atoms with van der Waals surface area (Å²) in [5.41, 5.74) is 5.51. The van der Waals surface area contributed by atoms with Gasteiger partial charge in [0.05, 0.1) is 30.9 Å². The number of fused-ring (bicyclic) bond motifs is 1. The predicted octanol–water partition coefficient (Wildman–Crippen LogP) is 2.18. The standard InChI is InChI=1S/C23H25N7O2/c1-16-4-3-5-17(12-16)18-6-7-30(27-18)20-13-19(28-8-10-32-11-9-28)22-23(26-20)29(15-25-22)14-21(31)24-2/h3-7,12-13,15H,8-11,14H2,1-2H3,(H,24,31). The second kappa shape index (κ2) is 8.43. The number of ether oxygens (including phenoxy) is 1. The quantitative estimate of drug-likeness (QED) is 0.521. The third-order valence-corrected chi connectivity index (χ3v) is 5.62. The van der Waals surface area contributed by atoms with Crippen LogP contribution in [0.15, 0.2) is 48.9 Å². The van der Waals surface area contributed by atoms with E-state index in [0.717, 1.165) is 35.6 Å². The zero-order valence-corrected chi connectivity index (χ0v) is 18.2. The molecule has 0 spiro atoms. The molecule has 0 atom stereocenters. The number of rotatable bonds is 5. The van der Waals surface area contributed by atoms with Gasteiger partial charge in [-0.3, -0.25) is 4.79 Å². The van der Waals surface area contributed by atoms with E-state index in [4.69, 9.17) is 14.8 Å². The maximum atomic E-state index is 12.0. The van der Waals surface area contributed by atoms with Crippen LogP contribution in [0.3, 0.4) is 0 Å². The third kappa shape index (κ3) is 3.82. The number of benzene rings is 1. The molecule has 5 rings (SSSR count). The van der Waals surface area contributed by atoms with Gasteiger partial charge in [-0.1, -0.05) is 23.8 Å². The molecule has 4 heterocycles. The van der Waals surface area contributed by atoms with Gasteiger partial charge in [-0.15, -0.1) is 0 Å². The molecule has 1 aromatic carbocycles. The lowest BCUT2D eigenvalue weighted by Crippen LogP contribution is -2.36. The van der Waals surface area contributed by atoms with Crippen LogP contribution in [0.4, 0.5) is 5.69 Å². The monoisotopic (exact) mass is 431 g/mol. The number of aryl methyl sites for hydroxylation is 1. The summed E-state index contributed by atoms with van der Waals surface area (Å²) >= 11 is 0. The highest BCUT2D eigenvalue weighted by Gasteiger charge is 2.20. The van der Waals surface area contributed by atoms with Crippen molar-refractivity contribution in [1.29, 1.82) is 0 Å². The molecule has 1 amide bonds. The van der Waals surface area contributed by atoms with Crippen molar-refractivity contribution in [2.24, 2.45) is 0 Å². The van der Waals surface area contributed by atoms with Crippen molar-refractivity contribution in [1.82, 2.24) is 29.6 Å². The number of hydrogen-bond acceptors (Lipinski definition) is 6. The molecule has 4 aromatic rings. The van der Waals surface area contributed by atoms with Crippen molar-refractivity contribution in [2.45, 2.75) is 13.5 Å². The first kappa shape index (κ1) is 20.2. The molecule has 164 valence electrons. The average molecular weight is 432 g/mol. The van der Waals surface area contributed by atoms with Crippen LogP contribution in [-0.4, -0.2) is 63.6 Å². The summed E-state index contributed by atoms with van der Waals surface area (Å²) in [6, 6.07) is 12.3. The van der Waals surface area contributed by atoms with Gasteiger partial charge in [-0.2, -0.15) is 5.10 Å². The van der Waals surface area contributed by atoms with Crippen LogP contribution in [0, 0.1) is 6.92 Å². The van der Waals surface area contributed by atoms with Gasteiger partial charge < -0.3 is 19.5 Å². The maximum absolute atomic E-state index is 12.0. The van der Waals surface area contributed by atoms with E-state index in [1.807, 2.05) is 30.5 Å². The molecule has 0 unspecified atom stereocenters. The van der Waals surface area contributed by atoms with Crippen molar-refractivity contribution in [3.8, 4) is 17.1 Å². The van der Waals surface area contributed by atoms with Gasteiger partial charge in [0.1, 0.15) is 12.1 Å². The number of amides is 1. The van der Waals surface area contributed by atoms with Crippen LogP contribution in [-0.2, 0) is 16.1 Å². The van der Waals surface area contributed by atoms with Gasteiger partial charge in [-0.05, 0) is 19.1 Å². The number of pyridine rings is 1. The molecule has 9 nitrogen and oxygen atoms in total. The summed E-state index contributed by atoms with van der Waals surface area (Å²) in [4.78, 5) is 23.7. The molecule has 0 radical (unpaired) electrons. The first-order chi connectivity index (χ1) is 15.6. The van der Waals surface area contributed by atoms with Gasteiger partial charge in [0, 0.05) is 38.0 Å². The second-order valence-corrected chi connectivity index (χ2v) is 7.83. The summed E-state index contributed by atoms with van der Waals surface area (Å²) in [6.07, 6.45) is 3.58. The van der Waals surface area contributed by atoms with Gasteiger partial charge in [0.15, 0.2) is 11.5 Å². The minimum atomic E-state index is -0.106. The summed E-state index contributed by atoms with van der Waals surface area (Å²) in [6.45, 7) is 5.09. The fraction of sp³-hybridized carbons (Fsp3) is 0.304. The zero-order chi connectivity index (χ0) is 22.1. The first-order valence-electron chi connectivity index (χ1n) is 10.6. The Hall–Kier alpha value is -3.72. The van der Waals surface area contributed by atoms with E-state index < -0.39 is 0 Å². The van der Waals surface area contributed by atoms with Gasteiger partial charge in [-0.25, -0.2) is 14.6 Å². The number of aromatic nitrogens is 5. The summed E-state index contributed by atoms with van der Waals surface area (Å²) in [5.74, 6) is 0.571. The Labute approximate surface area is 185 Å². The number of morpholine rings is 1. The number of nitrogens with zero attached hydrogens (tertiary/aromatic N) is 6. The maximum Gasteiger partial charge on any atom is 0.239 e. The smallest absolute Gasteiger partial charge is 0.239 e. The Balaban J connectivity index is 1.61. The molecular weight excluding hydrogens is 406 g/mol. The Kier molecular flexibility index (Phi) is 5.32.